The summed E-state index contributed by atoms with van der Waals surface area (Å²) in [5.74, 6) is -0.852. The Bertz CT molecular complexity index is 392. The fourth-order valence-electron chi connectivity index (χ4n) is 1.37. The molecule has 1 rings (SSSR count). The van der Waals surface area contributed by atoms with Crippen LogP contribution < -0.4 is 0 Å². The summed E-state index contributed by atoms with van der Waals surface area (Å²) >= 11 is 0. The number of aryl methyl sites for hydroxylation is 1. The number of hydrogen-bond donors (Lipinski definition) is 1. The lowest BCUT2D eigenvalue weighted by molar-refractivity contribution is 0.429. The Kier molecular flexibility index (Phi) is 3.07. The van der Waals surface area contributed by atoms with Crippen LogP contribution in [0.3, 0.4) is 0 Å². The molecule has 2 heteroatoms. The number of halogens is 1. The minimum atomic E-state index is -0.556. The van der Waals surface area contributed by atoms with E-state index in [0.29, 0.717) is 5.56 Å². The zero-order chi connectivity index (χ0) is 10.7. The standard InChI is InChI=1S/C12H13FO/c1-4-5-6-10-8(2)7-11(14)12(13)9(10)3/h4-7,14H,1H2,2-3H3/b6-5-. The lowest BCUT2D eigenvalue weighted by Crippen LogP contribution is -1.91. The number of benzene rings is 1. The smallest absolute Gasteiger partial charge is 0.168 e. The SMILES string of the molecule is C=C/C=C\c1c(C)cc(O)c(F)c1C. The third-order valence-electron chi connectivity index (χ3n) is 2.14. The first-order chi connectivity index (χ1) is 6.57. The van der Waals surface area contributed by atoms with E-state index in [9.17, 15) is 9.50 Å². The summed E-state index contributed by atoms with van der Waals surface area (Å²) in [6.45, 7) is 7.02. The summed E-state index contributed by atoms with van der Waals surface area (Å²) in [7, 11) is 0. The van der Waals surface area contributed by atoms with Gasteiger partial charge in [-0.15, -0.1) is 0 Å². The van der Waals surface area contributed by atoms with E-state index in [2.05, 4.69) is 6.58 Å². The van der Waals surface area contributed by atoms with Crippen molar-refractivity contribution >= 4 is 6.08 Å². The molecule has 0 aromatic heterocycles. The van der Waals surface area contributed by atoms with Crippen LogP contribution in [-0.2, 0) is 0 Å². The Morgan fingerprint density at radius 1 is 1.43 bits per heavy atom. The first-order valence-electron chi connectivity index (χ1n) is 4.35. The van der Waals surface area contributed by atoms with Crippen LogP contribution in [0.25, 0.3) is 6.08 Å². The third kappa shape index (κ3) is 1.84. The van der Waals surface area contributed by atoms with Gasteiger partial charge in [-0.25, -0.2) is 4.39 Å². The molecular formula is C12H13FO. The molecule has 0 aliphatic carbocycles. The minimum absolute atomic E-state index is 0.296. The maximum Gasteiger partial charge on any atom is 0.168 e. The molecule has 1 N–H and O–H groups in total. The van der Waals surface area contributed by atoms with Gasteiger partial charge in [-0.3, -0.25) is 0 Å². The van der Waals surface area contributed by atoms with Crippen LogP contribution in [-0.4, -0.2) is 5.11 Å². The lowest BCUT2D eigenvalue weighted by Gasteiger charge is -2.07. The highest BCUT2D eigenvalue weighted by molar-refractivity contribution is 5.60. The van der Waals surface area contributed by atoms with Gasteiger partial charge < -0.3 is 5.11 Å². The summed E-state index contributed by atoms with van der Waals surface area (Å²) < 4.78 is 13.3. The highest BCUT2D eigenvalue weighted by Gasteiger charge is 2.09. The maximum atomic E-state index is 13.3. The van der Waals surface area contributed by atoms with Gasteiger partial charge in [0.05, 0.1) is 0 Å². The van der Waals surface area contributed by atoms with Crippen LogP contribution in [0.15, 0.2) is 24.8 Å². The predicted molar refractivity (Wildman–Crippen MR) is 56.8 cm³/mol. The summed E-state index contributed by atoms with van der Waals surface area (Å²) in [6, 6.07) is 1.42. The second kappa shape index (κ2) is 4.09. The molecule has 0 aliphatic rings. The Labute approximate surface area is 83.2 Å². The van der Waals surface area contributed by atoms with Gasteiger partial charge in [-0.2, -0.15) is 0 Å². The van der Waals surface area contributed by atoms with Crippen LogP contribution in [0.1, 0.15) is 16.7 Å². The Hall–Kier alpha value is -1.57. The van der Waals surface area contributed by atoms with Gasteiger partial charge in [0.1, 0.15) is 0 Å². The molecular weight excluding hydrogens is 179 g/mol. The molecule has 0 fully saturated rings. The van der Waals surface area contributed by atoms with Crippen LogP contribution in [0.4, 0.5) is 4.39 Å². The van der Waals surface area contributed by atoms with Gasteiger partial charge in [-0.1, -0.05) is 24.8 Å². The van der Waals surface area contributed by atoms with Crippen molar-refractivity contribution in [1.29, 1.82) is 0 Å². The van der Waals surface area contributed by atoms with Crippen LogP contribution in [0.5, 0.6) is 5.75 Å². The molecule has 0 aliphatic heterocycles. The van der Waals surface area contributed by atoms with E-state index in [0.717, 1.165) is 11.1 Å². The van der Waals surface area contributed by atoms with Crippen LogP contribution >= 0.6 is 0 Å². The quantitative estimate of drug-likeness (QED) is 0.712. The average Bonchev–Trinajstić information content (AvgIpc) is 2.14. The van der Waals surface area contributed by atoms with Gasteiger partial charge in [-0.05, 0) is 36.6 Å². The van der Waals surface area contributed by atoms with Crippen molar-refractivity contribution < 1.29 is 9.50 Å². The molecule has 1 aromatic rings. The van der Waals surface area contributed by atoms with Crippen LogP contribution in [0.2, 0.25) is 0 Å². The second-order valence-corrected chi connectivity index (χ2v) is 3.16. The molecule has 0 saturated heterocycles. The molecule has 0 heterocycles. The zero-order valence-corrected chi connectivity index (χ0v) is 8.34. The normalized spacial score (nSPS) is 10.8. The van der Waals surface area contributed by atoms with Gasteiger partial charge in [0.15, 0.2) is 11.6 Å². The minimum Gasteiger partial charge on any atom is -0.505 e. The Morgan fingerprint density at radius 3 is 2.64 bits per heavy atom. The molecule has 0 unspecified atom stereocenters. The van der Waals surface area contributed by atoms with Crippen molar-refractivity contribution in [2.45, 2.75) is 13.8 Å². The van der Waals surface area contributed by atoms with Crippen molar-refractivity contribution in [2.24, 2.45) is 0 Å². The molecule has 0 saturated carbocycles. The van der Waals surface area contributed by atoms with Gasteiger partial charge in [0.2, 0.25) is 0 Å². The molecule has 0 atom stereocenters. The largest absolute Gasteiger partial charge is 0.505 e. The third-order valence-corrected chi connectivity index (χ3v) is 2.14. The molecule has 74 valence electrons. The monoisotopic (exact) mass is 192 g/mol. The molecule has 0 bridgehead atoms. The summed E-state index contributed by atoms with van der Waals surface area (Å²) in [6.07, 6.45) is 5.15. The van der Waals surface area contributed by atoms with Gasteiger partial charge in [0.25, 0.3) is 0 Å². The predicted octanol–water partition coefficient (Wildman–Crippen LogP) is 3.35. The second-order valence-electron chi connectivity index (χ2n) is 3.16. The number of phenolic OH excluding ortho intramolecular Hbond substituents is 1. The summed E-state index contributed by atoms with van der Waals surface area (Å²) in [5, 5.41) is 9.21. The van der Waals surface area contributed by atoms with E-state index < -0.39 is 5.82 Å². The zero-order valence-electron chi connectivity index (χ0n) is 8.34. The van der Waals surface area contributed by atoms with E-state index in [1.165, 1.54) is 6.07 Å². The van der Waals surface area contributed by atoms with Crippen molar-refractivity contribution in [2.75, 3.05) is 0 Å². The highest BCUT2D eigenvalue weighted by atomic mass is 19.1. The molecule has 0 spiro atoms. The lowest BCUT2D eigenvalue weighted by atomic mass is 10.0. The van der Waals surface area contributed by atoms with E-state index in [-0.39, 0.29) is 5.75 Å². The van der Waals surface area contributed by atoms with Crippen LogP contribution in [0, 0.1) is 19.7 Å². The molecule has 1 aromatic carbocycles. The molecule has 14 heavy (non-hydrogen) atoms. The number of allylic oxidation sites excluding steroid dienone is 2. The summed E-state index contributed by atoms with van der Waals surface area (Å²) in [5.41, 5.74) is 2.10. The first-order valence-corrected chi connectivity index (χ1v) is 4.35. The molecule has 0 amide bonds. The first kappa shape index (κ1) is 10.5. The van der Waals surface area contributed by atoms with Crippen molar-refractivity contribution in [3.8, 4) is 5.75 Å². The Balaban J connectivity index is 3.36. The fraction of sp³-hybridized carbons (Fsp3) is 0.167. The van der Waals surface area contributed by atoms with E-state index in [1.807, 2.05) is 6.92 Å². The number of aromatic hydroxyl groups is 1. The van der Waals surface area contributed by atoms with Crippen molar-refractivity contribution in [3.05, 3.63) is 47.3 Å². The van der Waals surface area contributed by atoms with Gasteiger partial charge >= 0.3 is 0 Å². The maximum absolute atomic E-state index is 13.3. The highest BCUT2D eigenvalue weighted by Crippen LogP contribution is 2.26. The average molecular weight is 192 g/mol. The van der Waals surface area contributed by atoms with Crippen molar-refractivity contribution in [3.63, 3.8) is 0 Å². The number of rotatable bonds is 2. The number of phenols is 1. The van der Waals surface area contributed by atoms with E-state index >= 15 is 0 Å². The topological polar surface area (TPSA) is 20.2 Å². The molecule has 1 nitrogen and oxygen atoms in total. The van der Waals surface area contributed by atoms with Crippen molar-refractivity contribution in [1.82, 2.24) is 0 Å². The van der Waals surface area contributed by atoms with E-state index in [1.54, 1.807) is 25.2 Å². The van der Waals surface area contributed by atoms with Gasteiger partial charge in [0, 0.05) is 0 Å². The van der Waals surface area contributed by atoms with E-state index in [4.69, 9.17) is 0 Å². The molecule has 0 radical (unpaired) electrons. The fourth-order valence-corrected chi connectivity index (χ4v) is 1.37. The summed E-state index contributed by atoms with van der Waals surface area (Å²) in [4.78, 5) is 0. The Morgan fingerprint density at radius 2 is 2.07 bits per heavy atom. The number of hydrogen-bond acceptors (Lipinski definition) is 1.